The molecule has 0 aliphatic rings. The highest BCUT2D eigenvalue weighted by molar-refractivity contribution is 7.71. The quantitative estimate of drug-likeness (QED) is 0.307. The molecule has 0 bridgehead atoms. The SMILES string of the molecule is COc1ccc(-c2n[nH]c(=S)n2CCC(=O)NCc2cccc(NC(=O)c3ccncc3)c2)cc1. The topological polar surface area (TPSA) is 114 Å². The lowest BCUT2D eigenvalue weighted by molar-refractivity contribution is -0.121. The molecule has 0 radical (unpaired) electrons. The summed E-state index contributed by atoms with van der Waals surface area (Å²) in [6.45, 7) is 0.713. The zero-order valence-corrected chi connectivity index (χ0v) is 19.8. The number of hydrogen-bond acceptors (Lipinski definition) is 6. The molecule has 2 heterocycles. The van der Waals surface area contributed by atoms with Crippen molar-refractivity contribution in [3.63, 3.8) is 0 Å². The van der Waals surface area contributed by atoms with Crippen LogP contribution in [0.4, 0.5) is 5.69 Å². The fourth-order valence-electron chi connectivity index (χ4n) is 3.45. The number of hydrogen-bond donors (Lipinski definition) is 3. The first-order valence-corrected chi connectivity index (χ1v) is 11.3. The maximum Gasteiger partial charge on any atom is 0.255 e. The van der Waals surface area contributed by atoms with Gasteiger partial charge in [0.25, 0.3) is 5.91 Å². The first-order chi connectivity index (χ1) is 17.0. The van der Waals surface area contributed by atoms with Gasteiger partial charge in [0.15, 0.2) is 10.6 Å². The number of amides is 2. The summed E-state index contributed by atoms with van der Waals surface area (Å²) < 4.78 is 7.44. The summed E-state index contributed by atoms with van der Waals surface area (Å²) in [6, 6.07) is 18.1. The number of pyridine rings is 1. The Kier molecular flexibility index (Phi) is 7.63. The Morgan fingerprint density at radius 1 is 1.09 bits per heavy atom. The Morgan fingerprint density at radius 2 is 1.86 bits per heavy atom. The number of rotatable bonds is 9. The molecule has 9 nitrogen and oxygen atoms in total. The molecule has 3 N–H and O–H groups in total. The minimum atomic E-state index is -0.224. The fourth-order valence-corrected chi connectivity index (χ4v) is 3.68. The summed E-state index contributed by atoms with van der Waals surface area (Å²) in [5, 5.41) is 12.9. The average Bonchev–Trinajstić information content (AvgIpc) is 3.27. The minimum absolute atomic E-state index is 0.125. The smallest absolute Gasteiger partial charge is 0.255 e. The van der Waals surface area contributed by atoms with Crippen molar-refractivity contribution in [1.29, 1.82) is 0 Å². The molecule has 10 heteroatoms. The average molecular weight is 489 g/mol. The van der Waals surface area contributed by atoms with Crippen LogP contribution in [-0.2, 0) is 17.9 Å². The Morgan fingerprint density at radius 3 is 2.60 bits per heavy atom. The lowest BCUT2D eigenvalue weighted by Gasteiger charge is -2.10. The van der Waals surface area contributed by atoms with Crippen molar-refractivity contribution in [2.75, 3.05) is 12.4 Å². The second kappa shape index (κ2) is 11.2. The van der Waals surface area contributed by atoms with Crippen LogP contribution in [0, 0.1) is 4.77 Å². The molecule has 0 saturated carbocycles. The Hall–Kier alpha value is -4.31. The third kappa shape index (κ3) is 6.18. The van der Waals surface area contributed by atoms with Gasteiger partial charge in [-0.05, 0) is 66.3 Å². The van der Waals surface area contributed by atoms with Crippen LogP contribution in [0.3, 0.4) is 0 Å². The van der Waals surface area contributed by atoms with Crippen LogP contribution in [0.15, 0.2) is 73.1 Å². The number of anilines is 1. The van der Waals surface area contributed by atoms with Crippen molar-refractivity contribution in [2.24, 2.45) is 0 Å². The maximum atomic E-state index is 12.5. The van der Waals surface area contributed by atoms with E-state index in [4.69, 9.17) is 17.0 Å². The van der Waals surface area contributed by atoms with Gasteiger partial charge >= 0.3 is 0 Å². The molecular formula is C25H24N6O3S. The lowest BCUT2D eigenvalue weighted by atomic mass is 10.2. The van der Waals surface area contributed by atoms with Gasteiger partial charge in [-0.1, -0.05) is 12.1 Å². The van der Waals surface area contributed by atoms with Crippen molar-refractivity contribution in [3.05, 3.63) is 89.0 Å². The third-order valence-electron chi connectivity index (χ3n) is 5.29. The number of benzene rings is 2. The highest BCUT2D eigenvalue weighted by atomic mass is 32.1. The summed E-state index contributed by atoms with van der Waals surface area (Å²) >= 11 is 5.35. The molecule has 178 valence electrons. The highest BCUT2D eigenvalue weighted by Crippen LogP contribution is 2.21. The van der Waals surface area contributed by atoms with Crippen molar-refractivity contribution in [2.45, 2.75) is 19.5 Å². The van der Waals surface area contributed by atoms with Crippen molar-refractivity contribution < 1.29 is 14.3 Å². The Labute approximate surface area is 207 Å². The fraction of sp³-hybridized carbons (Fsp3) is 0.160. The minimum Gasteiger partial charge on any atom is -0.497 e. The summed E-state index contributed by atoms with van der Waals surface area (Å²) in [5.74, 6) is 1.05. The molecule has 35 heavy (non-hydrogen) atoms. The molecule has 0 spiro atoms. The number of nitrogens with zero attached hydrogens (tertiary/aromatic N) is 3. The number of ether oxygens (including phenoxy) is 1. The van der Waals surface area contributed by atoms with Gasteiger partial charge in [-0.3, -0.25) is 24.2 Å². The summed E-state index contributed by atoms with van der Waals surface area (Å²) in [4.78, 5) is 28.8. The van der Waals surface area contributed by atoms with Crippen LogP contribution in [0.25, 0.3) is 11.4 Å². The Balaban J connectivity index is 1.32. The van der Waals surface area contributed by atoms with Crippen LogP contribution in [0.2, 0.25) is 0 Å². The van der Waals surface area contributed by atoms with Crippen LogP contribution in [-0.4, -0.2) is 38.7 Å². The summed E-state index contributed by atoms with van der Waals surface area (Å²) in [6.07, 6.45) is 3.37. The van der Waals surface area contributed by atoms with Gasteiger partial charge < -0.3 is 15.4 Å². The molecule has 0 aliphatic heterocycles. The van der Waals surface area contributed by atoms with Gasteiger partial charge in [0.1, 0.15) is 5.75 Å². The number of methoxy groups -OCH3 is 1. The second-order valence-corrected chi connectivity index (χ2v) is 8.04. The van der Waals surface area contributed by atoms with Crippen LogP contribution >= 0.6 is 12.2 Å². The van der Waals surface area contributed by atoms with Gasteiger partial charge in [-0.2, -0.15) is 5.10 Å². The first kappa shape index (κ1) is 23.8. The zero-order valence-electron chi connectivity index (χ0n) is 19.0. The van der Waals surface area contributed by atoms with Crippen LogP contribution in [0.5, 0.6) is 5.75 Å². The van der Waals surface area contributed by atoms with E-state index in [1.165, 1.54) is 0 Å². The number of aromatic nitrogens is 4. The van der Waals surface area contributed by atoms with Crippen molar-refractivity contribution >= 4 is 29.7 Å². The molecule has 0 saturated heterocycles. The van der Waals surface area contributed by atoms with Crippen LogP contribution < -0.4 is 15.4 Å². The van der Waals surface area contributed by atoms with E-state index < -0.39 is 0 Å². The second-order valence-electron chi connectivity index (χ2n) is 7.65. The highest BCUT2D eigenvalue weighted by Gasteiger charge is 2.11. The standard InChI is InChI=1S/C25H24N6O3S/c1-34-21-7-5-18(6-8-21)23-29-30-25(35)31(23)14-11-22(32)27-16-17-3-2-4-20(15-17)28-24(33)19-9-12-26-13-10-19/h2-10,12-13,15H,11,14,16H2,1H3,(H,27,32)(H,28,33)(H,30,35). The predicted molar refractivity (Wildman–Crippen MR) is 134 cm³/mol. The van der Waals surface area contributed by atoms with E-state index in [-0.39, 0.29) is 18.2 Å². The maximum absolute atomic E-state index is 12.5. The van der Waals surface area contributed by atoms with E-state index in [0.717, 1.165) is 16.9 Å². The normalized spacial score (nSPS) is 10.5. The molecule has 4 rings (SSSR count). The van der Waals surface area contributed by atoms with E-state index in [1.807, 2.05) is 42.5 Å². The molecule has 0 atom stereocenters. The monoisotopic (exact) mass is 488 g/mol. The molecule has 2 amide bonds. The number of H-pyrrole nitrogens is 1. The number of nitrogens with one attached hydrogen (secondary N) is 3. The first-order valence-electron chi connectivity index (χ1n) is 10.9. The van der Waals surface area contributed by atoms with Crippen molar-refractivity contribution in [3.8, 4) is 17.1 Å². The van der Waals surface area contributed by atoms with Gasteiger partial charge in [0.05, 0.1) is 7.11 Å². The molecule has 2 aromatic heterocycles. The van der Waals surface area contributed by atoms with E-state index in [1.54, 1.807) is 42.3 Å². The molecule has 0 unspecified atom stereocenters. The van der Waals surface area contributed by atoms with E-state index in [0.29, 0.717) is 34.9 Å². The third-order valence-corrected chi connectivity index (χ3v) is 5.60. The van der Waals surface area contributed by atoms with E-state index >= 15 is 0 Å². The molecule has 0 fully saturated rings. The van der Waals surface area contributed by atoms with Gasteiger partial charge in [0, 0.05) is 48.7 Å². The molecule has 4 aromatic rings. The largest absolute Gasteiger partial charge is 0.497 e. The van der Waals surface area contributed by atoms with Gasteiger partial charge in [0.2, 0.25) is 5.91 Å². The molecule has 2 aromatic carbocycles. The Bertz CT molecular complexity index is 1370. The van der Waals surface area contributed by atoms with Gasteiger partial charge in [-0.15, -0.1) is 0 Å². The van der Waals surface area contributed by atoms with E-state index in [2.05, 4.69) is 25.8 Å². The van der Waals surface area contributed by atoms with Crippen LogP contribution in [0.1, 0.15) is 22.3 Å². The van der Waals surface area contributed by atoms with Gasteiger partial charge in [-0.25, -0.2) is 0 Å². The van der Waals surface area contributed by atoms with Crippen molar-refractivity contribution in [1.82, 2.24) is 25.1 Å². The molecular weight excluding hydrogens is 464 g/mol. The molecule has 0 aliphatic carbocycles. The van der Waals surface area contributed by atoms with E-state index in [9.17, 15) is 9.59 Å². The summed E-state index contributed by atoms with van der Waals surface area (Å²) in [5.41, 5.74) is 2.90. The zero-order chi connectivity index (χ0) is 24.6. The number of carbonyl (C=O) groups is 2. The number of aromatic amines is 1. The number of carbonyl (C=O) groups excluding carboxylic acids is 2. The lowest BCUT2D eigenvalue weighted by Crippen LogP contribution is -2.24. The predicted octanol–water partition coefficient (Wildman–Crippen LogP) is 3.97. The summed E-state index contributed by atoms with van der Waals surface area (Å²) in [7, 11) is 1.61.